The van der Waals surface area contributed by atoms with Crippen LogP contribution in [0.25, 0.3) is 10.8 Å². The number of rotatable bonds is 6. The van der Waals surface area contributed by atoms with E-state index in [1.54, 1.807) is 6.07 Å². The van der Waals surface area contributed by atoms with E-state index in [1.165, 1.54) is 0 Å². The minimum Gasteiger partial charge on any atom is -0.483 e. The number of amides is 1. The van der Waals surface area contributed by atoms with Crippen LogP contribution in [-0.4, -0.2) is 24.8 Å². The van der Waals surface area contributed by atoms with Gasteiger partial charge in [-0.25, -0.2) is 0 Å². The van der Waals surface area contributed by atoms with Gasteiger partial charge in [-0.05, 0) is 29.7 Å². The van der Waals surface area contributed by atoms with Gasteiger partial charge < -0.3 is 10.1 Å². The first-order chi connectivity index (χ1) is 10.5. The minimum absolute atomic E-state index is 0.0817. The van der Waals surface area contributed by atoms with Crippen molar-refractivity contribution < 1.29 is 14.3 Å². The summed E-state index contributed by atoms with van der Waals surface area (Å²) in [7, 11) is 0. The molecule has 22 heavy (non-hydrogen) atoms. The van der Waals surface area contributed by atoms with E-state index >= 15 is 0 Å². The summed E-state index contributed by atoms with van der Waals surface area (Å²) in [6.07, 6.45) is 0.770. The normalized spacial score (nSPS) is 12.2. The van der Waals surface area contributed by atoms with Gasteiger partial charge >= 0.3 is 0 Å². The van der Waals surface area contributed by atoms with E-state index in [2.05, 4.69) is 5.32 Å². The number of carbonyl (C=O) groups excluding carboxylic acids is 2. The van der Waals surface area contributed by atoms with E-state index in [9.17, 15) is 9.59 Å². The van der Waals surface area contributed by atoms with Crippen LogP contribution in [0, 0.1) is 5.92 Å². The van der Waals surface area contributed by atoms with Crippen LogP contribution < -0.4 is 10.1 Å². The Morgan fingerprint density at radius 2 is 1.91 bits per heavy atom. The molecule has 2 rings (SSSR count). The monoisotopic (exact) mass is 299 g/mol. The van der Waals surface area contributed by atoms with Crippen molar-refractivity contribution >= 4 is 23.0 Å². The average Bonchev–Trinajstić information content (AvgIpc) is 2.52. The second kappa shape index (κ2) is 7.07. The predicted molar refractivity (Wildman–Crippen MR) is 87.3 cm³/mol. The Balaban J connectivity index is 2.12. The summed E-state index contributed by atoms with van der Waals surface area (Å²) >= 11 is 0. The zero-order valence-electron chi connectivity index (χ0n) is 13.1. The highest BCUT2D eigenvalue weighted by atomic mass is 16.5. The van der Waals surface area contributed by atoms with Gasteiger partial charge in [0.05, 0.1) is 5.56 Å². The van der Waals surface area contributed by atoms with Gasteiger partial charge in [0.2, 0.25) is 0 Å². The van der Waals surface area contributed by atoms with Gasteiger partial charge in [-0.1, -0.05) is 44.2 Å². The van der Waals surface area contributed by atoms with Crippen LogP contribution >= 0.6 is 0 Å². The van der Waals surface area contributed by atoms with E-state index in [0.717, 1.165) is 17.1 Å². The summed E-state index contributed by atoms with van der Waals surface area (Å²) in [5, 5.41) is 4.66. The first-order valence-corrected chi connectivity index (χ1v) is 7.42. The van der Waals surface area contributed by atoms with Crippen LogP contribution in [0.4, 0.5) is 0 Å². The van der Waals surface area contributed by atoms with Gasteiger partial charge in [0, 0.05) is 6.04 Å². The highest BCUT2D eigenvalue weighted by molar-refractivity contribution is 6.00. The van der Waals surface area contributed by atoms with Gasteiger partial charge in [0.15, 0.2) is 12.9 Å². The number of benzene rings is 2. The maximum absolute atomic E-state index is 11.9. The molecule has 0 heterocycles. The summed E-state index contributed by atoms with van der Waals surface area (Å²) in [6, 6.07) is 11.3. The molecule has 1 N–H and O–H groups in total. The van der Waals surface area contributed by atoms with E-state index in [4.69, 9.17) is 4.74 Å². The fourth-order valence-corrected chi connectivity index (χ4v) is 2.13. The van der Waals surface area contributed by atoms with Crippen LogP contribution in [-0.2, 0) is 4.79 Å². The fourth-order valence-electron chi connectivity index (χ4n) is 2.13. The number of fused-ring (bicyclic) bond motifs is 1. The molecule has 0 spiro atoms. The average molecular weight is 299 g/mol. The minimum atomic E-state index is -0.189. The molecule has 4 heteroatoms. The van der Waals surface area contributed by atoms with Crippen molar-refractivity contribution in [2.75, 3.05) is 6.61 Å². The van der Waals surface area contributed by atoms with Gasteiger partial charge in [-0.15, -0.1) is 0 Å². The molecule has 4 nitrogen and oxygen atoms in total. The Labute approximate surface area is 130 Å². The fraction of sp³-hybridized carbons (Fsp3) is 0.333. The Morgan fingerprint density at radius 3 is 2.59 bits per heavy atom. The van der Waals surface area contributed by atoms with Crippen LogP contribution in [0.15, 0.2) is 36.4 Å². The lowest BCUT2D eigenvalue weighted by Crippen LogP contribution is -2.39. The maximum atomic E-state index is 11.9. The standard InChI is InChI=1S/C18H21NO3/c1-12(2)13(3)19-18(21)11-22-17-9-8-14-6-4-5-7-15(14)16(17)10-20/h4-10,12-13H,11H2,1-3H3,(H,19,21)/t13-/m1/s1. The second-order valence-corrected chi connectivity index (χ2v) is 5.71. The molecule has 2 aromatic carbocycles. The maximum Gasteiger partial charge on any atom is 0.258 e. The van der Waals surface area contributed by atoms with Gasteiger partial charge in [0.25, 0.3) is 5.91 Å². The molecule has 1 amide bonds. The topological polar surface area (TPSA) is 55.4 Å². The third-order valence-electron chi connectivity index (χ3n) is 3.80. The third kappa shape index (κ3) is 3.64. The summed E-state index contributed by atoms with van der Waals surface area (Å²) in [5.74, 6) is 0.599. The number of carbonyl (C=O) groups is 2. The molecular weight excluding hydrogens is 278 g/mol. The zero-order chi connectivity index (χ0) is 16.1. The molecule has 0 aliphatic carbocycles. The Hall–Kier alpha value is -2.36. The summed E-state index contributed by atoms with van der Waals surface area (Å²) < 4.78 is 5.54. The largest absolute Gasteiger partial charge is 0.483 e. The van der Waals surface area contributed by atoms with Gasteiger partial charge in [-0.3, -0.25) is 9.59 Å². The molecular formula is C18H21NO3. The number of hydrogen-bond acceptors (Lipinski definition) is 3. The van der Waals surface area contributed by atoms with Crippen LogP contribution in [0.1, 0.15) is 31.1 Å². The highest BCUT2D eigenvalue weighted by Gasteiger charge is 2.13. The van der Waals surface area contributed by atoms with Crippen LogP contribution in [0.2, 0.25) is 0 Å². The van der Waals surface area contributed by atoms with E-state index in [-0.39, 0.29) is 18.6 Å². The molecule has 116 valence electrons. The Kier molecular flexibility index (Phi) is 5.15. The smallest absolute Gasteiger partial charge is 0.258 e. The second-order valence-electron chi connectivity index (χ2n) is 5.71. The molecule has 0 aliphatic heterocycles. The van der Waals surface area contributed by atoms with E-state index in [0.29, 0.717) is 17.2 Å². The quantitative estimate of drug-likeness (QED) is 0.833. The lowest BCUT2D eigenvalue weighted by Gasteiger charge is -2.18. The predicted octanol–water partition coefficient (Wildman–Crippen LogP) is 3.19. The SMILES string of the molecule is CC(C)[C@@H](C)NC(=O)COc1ccc2ccccc2c1C=O. The first-order valence-electron chi connectivity index (χ1n) is 7.42. The van der Waals surface area contributed by atoms with Gasteiger partial charge in [0.1, 0.15) is 5.75 Å². The molecule has 0 radical (unpaired) electrons. The zero-order valence-corrected chi connectivity index (χ0v) is 13.1. The molecule has 0 aliphatic rings. The van der Waals surface area contributed by atoms with Crippen molar-refractivity contribution in [3.05, 3.63) is 42.0 Å². The molecule has 0 bridgehead atoms. The van der Waals surface area contributed by atoms with Crippen molar-refractivity contribution in [3.8, 4) is 5.75 Å². The molecule has 0 saturated heterocycles. The molecule has 0 unspecified atom stereocenters. The van der Waals surface area contributed by atoms with E-state index in [1.807, 2.05) is 51.1 Å². The molecule has 0 fully saturated rings. The number of nitrogens with one attached hydrogen (secondary N) is 1. The molecule has 0 saturated carbocycles. The first kappa shape index (κ1) is 16.0. The Bertz CT molecular complexity index is 679. The Morgan fingerprint density at radius 1 is 1.18 bits per heavy atom. The molecule has 0 aromatic heterocycles. The lowest BCUT2D eigenvalue weighted by atomic mass is 10.0. The van der Waals surface area contributed by atoms with Crippen LogP contribution in [0.3, 0.4) is 0 Å². The van der Waals surface area contributed by atoms with Crippen LogP contribution in [0.5, 0.6) is 5.75 Å². The highest BCUT2D eigenvalue weighted by Crippen LogP contribution is 2.26. The summed E-state index contributed by atoms with van der Waals surface area (Å²) in [4.78, 5) is 23.2. The lowest BCUT2D eigenvalue weighted by molar-refractivity contribution is -0.124. The van der Waals surface area contributed by atoms with Crippen molar-refractivity contribution in [1.82, 2.24) is 5.32 Å². The van der Waals surface area contributed by atoms with Crippen molar-refractivity contribution in [3.63, 3.8) is 0 Å². The number of ether oxygens (including phenoxy) is 1. The third-order valence-corrected chi connectivity index (χ3v) is 3.80. The van der Waals surface area contributed by atoms with Crippen molar-refractivity contribution in [2.45, 2.75) is 26.8 Å². The van der Waals surface area contributed by atoms with Crippen molar-refractivity contribution in [1.29, 1.82) is 0 Å². The van der Waals surface area contributed by atoms with Crippen molar-refractivity contribution in [2.24, 2.45) is 5.92 Å². The molecule has 2 aromatic rings. The summed E-state index contributed by atoms with van der Waals surface area (Å²) in [5.41, 5.74) is 0.475. The van der Waals surface area contributed by atoms with Gasteiger partial charge in [-0.2, -0.15) is 0 Å². The summed E-state index contributed by atoms with van der Waals surface area (Å²) in [6.45, 7) is 5.94. The molecule has 1 atom stereocenters. The number of aldehydes is 1. The van der Waals surface area contributed by atoms with E-state index < -0.39 is 0 Å². The number of hydrogen-bond donors (Lipinski definition) is 1.